The van der Waals surface area contributed by atoms with Gasteiger partial charge in [0.2, 0.25) is 0 Å². The van der Waals surface area contributed by atoms with Gasteiger partial charge in [0, 0.05) is 5.56 Å². The molecule has 0 aliphatic heterocycles. The summed E-state index contributed by atoms with van der Waals surface area (Å²) in [6.07, 6.45) is -10.6. The first-order chi connectivity index (χ1) is 12.0. The van der Waals surface area contributed by atoms with E-state index in [1.54, 1.807) is 0 Å². The standard InChI is InChI=1S/C19H18F6O/c1-3-13(2)14-9-11-16(12-10-14)26-17(18(20,21)22,19(23,24)25)15-7-5-4-6-8-15/h4-13H,3H2,1-2H3. The highest BCUT2D eigenvalue weighted by Crippen LogP contribution is 2.52. The van der Waals surface area contributed by atoms with E-state index in [9.17, 15) is 26.3 Å². The average Bonchev–Trinajstić information content (AvgIpc) is 2.58. The Kier molecular flexibility index (Phi) is 5.58. The minimum atomic E-state index is -5.71. The number of rotatable bonds is 5. The van der Waals surface area contributed by atoms with Gasteiger partial charge in [-0.05, 0) is 30.0 Å². The van der Waals surface area contributed by atoms with E-state index in [4.69, 9.17) is 0 Å². The van der Waals surface area contributed by atoms with Gasteiger partial charge in [0.05, 0.1) is 0 Å². The molecule has 0 spiro atoms. The van der Waals surface area contributed by atoms with Gasteiger partial charge in [0.25, 0.3) is 0 Å². The summed E-state index contributed by atoms with van der Waals surface area (Å²) < 4.78 is 86.6. The summed E-state index contributed by atoms with van der Waals surface area (Å²) >= 11 is 0. The van der Waals surface area contributed by atoms with Crippen LogP contribution in [0.4, 0.5) is 26.3 Å². The lowest BCUT2D eigenvalue weighted by Crippen LogP contribution is -2.58. The topological polar surface area (TPSA) is 9.23 Å². The normalized spacial score (nSPS) is 14.2. The second-order valence-corrected chi connectivity index (χ2v) is 6.02. The number of benzene rings is 2. The summed E-state index contributed by atoms with van der Waals surface area (Å²) in [5, 5.41) is 0. The molecule has 2 aromatic carbocycles. The predicted octanol–water partition coefficient (Wildman–Crippen LogP) is 6.60. The fourth-order valence-electron chi connectivity index (χ4n) is 2.61. The summed E-state index contributed by atoms with van der Waals surface area (Å²) in [6.45, 7) is 3.85. The van der Waals surface area contributed by atoms with Gasteiger partial charge in [-0.15, -0.1) is 0 Å². The SMILES string of the molecule is CCC(C)c1ccc(OC(c2ccccc2)(C(F)(F)F)C(F)(F)F)cc1. The Morgan fingerprint density at radius 2 is 1.31 bits per heavy atom. The van der Waals surface area contributed by atoms with Gasteiger partial charge in [-0.25, -0.2) is 0 Å². The molecule has 0 aliphatic carbocycles. The molecule has 0 N–H and O–H groups in total. The van der Waals surface area contributed by atoms with Crippen LogP contribution in [0.5, 0.6) is 5.75 Å². The maximum absolute atomic E-state index is 13.7. The first-order valence-electron chi connectivity index (χ1n) is 8.01. The lowest BCUT2D eigenvalue weighted by atomic mass is 9.91. The van der Waals surface area contributed by atoms with Crippen molar-refractivity contribution in [2.75, 3.05) is 0 Å². The minimum Gasteiger partial charge on any atom is -0.464 e. The van der Waals surface area contributed by atoms with Gasteiger partial charge in [0.15, 0.2) is 0 Å². The van der Waals surface area contributed by atoms with E-state index in [1.807, 2.05) is 13.8 Å². The Balaban J connectivity index is 2.55. The highest BCUT2D eigenvalue weighted by molar-refractivity contribution is 5.34. The summed E-state index contributed by atoms with van der Waals surface area (Å²) in [5.41, 5.74) is -4.66. The number of halogens is 6. The number of hydrogen-bond acceptors (Lipinski definition) is 1. The van der Waals surface area contributed by atoms with Crippen LogP contribution in [0.15, 0.2) is 54.6 Å². The second-order valence-electron chi connectivity index (χ2n) is 6.02. The number of hydrogen-bond donors (Lipinski definition) is 0. The first-order valence-corrected chi connectivity index (χ1v) is 8.01. The molecule has 1 unspecified atom stereocenters. The molecule has 1 atom stereocenters. The highest BCUT2D eigenvalue weighted by atomic mass is 19.4. The first kappa shape index (κ1) is 20.1. The minimum absolute atomic E-state index is 0.133. The fourth-order valence-corrected chi connectivity index (χ4v) is 2.61. The van der Waals surface area contributed by atoms with E-state index in [2.05, 4.69) is 4.74 Å². The summed E-state index contributed by atoms with van der Waals surface area (Å²) in [5.74, 6) is -0.372. The van der Waals surface area contributed by atoms with Gasteiger partial charge in [-0.2, -0.15) is 26.3 Å². The van der Waals surface area contributed by atoms with E-state index >= 15 is 0 Å². The van der Waals surface area contributed by atoms with E-state index in [0.717, 1.165) is 48.4 Å². The molecule has 0 radical (unpaired) electrons. The second kappa shape index (κ2) is 7.21. The summed E-state index contributed by atoms with van der Waals surface area (Å²) in [6, 6.07) is 10.3. The van der Waals surface area contributed by atoms with E-state index in [-0.39, 0.29) is 5.92 Å². The van der Waals surface area contributed by atoms with Crippen LogP contribution in [-0.4, -0.2) is 12.4 Å². The fraction of sp³-hybridized carbons (Fsp3) is 0.368. The van der Waals surface area contributed by atoms with Crippen LogP contribution in [0, 0.1) is 0 Å². The third-order valence-electron chi connectivity index (χ3n) is 4.31. The predicted molar refractivity (Wildman–Crippen MR) is 86.0 cm³/mol. The maximum Gasteiger partial charge on any atom is 0.442 e. The average molecular weight is 376 g/mol. The van der Waals surface area contributed by atoms with Gasteiger partial charge in [0.1, 0.15) is 5.75 Å². The van der Waals surface area contributed by atoms with Gasteiger partial charge in [-0.3, -0.25) is 0 Å². The third kappa shape index (κ3) is 3.66. The lowest BCUT2D eigenvalue weighted by molar-refractivity contribution is -0.365. The molecule has 2 aromatic rings. The summed E-state index contributed by atoms with van der Waals surface area (Å²) in [4.78, 5) is 0. The van der Waals surface area contributed by atoms with Crippen molar-refractivity contribution in [3.05, 3.63) is 65.7 Å². The molecule has 0 fully saturated rings. The molecular formula is C19H18F6O. The zero-order chi connectivity index (χ0) is 19.6. The molecule has 0 saturated heterocycles. The van der Waals surface area contributed by atoms with Crippen LogP contribution in [0.2, 0.25) is 0 Å². The molecule has 142 valence electrons. The molecule has 0 aliphatic rings. The van der Waals surface area contributed by atoms with Gasteiger partial charge >= 0.3 is 18.0 Å². The molecule has 0 saturated carbocycles. The molecule has 7 heteroatoms. The van der Waals surface area contributed by atoms with Gasteiger partial charge in [-0.1, -0.05) is 56.3 Å². The maximum atomic E-state index is 13.7. The van der Waals surface area contributed by atoms with Crippen molar-refractivity contribution in [1.82, 2.24) is 0 Å². The molecule has 0 heterocycles. The molecule has 0 bridgehead atoms. The molecular weight excluding hydrogens is 358 g/mol. The monoisotopic (exact) mass is 376 g/mol. The number of alkyl halides is 6. The van der Waals surface area contributed by atoms with Crippen LogP contribution in [-0.2, 0) is 5.60 Å². The van der Waals surface area contributed by atoms with Crippen molar-refractivity contribution in [2.24, 2.45) is 0 Å². The smallest absolute Gasteiger partial charge is 0.442 e. The lowest BCUT2D eigenvalue weighted by Gasteiger charge is -2.37. The van der Waals surface area contributed by atoms with Crippen molar-refractivity contribution in [3.63, 3.8) is 0 Å². The Morgan fingerprint density at radius 1 is 0.808 bits per heavy atom. The van der Waals surface area contributed by atoms with Crippen molar-refractivity contribution in [2.45, 2.75) is 44.1 Å². The molecule has 1 nitrogen and oxygen atoms in total. The third-order valence-corrected chi connectivity index (χ3v) is 4.31. The molecule has 2 rings (SSSR count). The Morgan fingerprint density at radius 3 is 1.73 bits per heavy atom. The van der Waals surface area contributed by atoms with Crippen LogP contribution in [0.25, 0.3) is 0 Å². The van der Waals surface area contributed by atoms with Crippen molar-refractivity contribution in [3.8, 4) is 5.75 Å². The summed E-state index contributed by atoms with van der Waals surface area (Å²) in [7, 11) is 0. The van der Waals surface area contributed by atoms with Crippen molar-refractivity contribution in [1.29, 1.82) is 0 Å². The van der Waals surface area contributed by atoms with Crippen molar-refractivity contribution < 1.29 is 31.1 Å². The van der Waals surface area contributed by atoms with Crippen LogP contribution >= 0.6 is 0 Å². The largest absolute Gasteiger partial charge is 0.464 e. The van der Waals surface area contributed by atoms with Gasteiger partial charge < -0.3 is 4.74 Å². The van der Waals surface area contributed by atoms with E-state index in [0.29, 0.717) is 0 Å². The Hall–Kier alpha value is -2.18. The zero-order valence-electron chi connectivity index (χ0n) is 14.2. The van der Waals surface area contributed by atoms with E-state index < -0.39 is 29.3 Å². The molecule has 0 amide bonds. The zero-order valence-corrected chi connectivity index (χ0v) is 14.2. The van der Waals surface area contributed by atoms with Crippen LogP contribution in [0.3, 0.4) is 0 Å². The quantitative estimate of drug-likeness (QED) is 0.534. The van der Waals surface area contributed by atoms with E-state index in [1.165, 1.54) is 18.2 Å². The highest BCUT2D eigenvalue weighted by Gasteiger charge is 2.74. The van der Waals surface area contributed by atoms with Crippen LogP contribution < -0.4 is 4.74 Å². The van der Waals surface area contributed by atoms with Crippen LogP contribution in [0.1, 0.15) is 37.3 Å². The van der Waals surface area contributed by atoms with Crippen molar-refractivity contribution >= 4 is 0 Å². The Bertz CT molecular complexity index is 690. The number of ether oxygens (including phenoxy) is 1. The Labute approximate surface area is 147 Å². The molecule has 26 heavy (non-hydrogen) atoms. The molecule has 0 aromatic heterocycles.